The Kier molecular flexibility index (Phi) is 4.70. The Morgan fingerprint density at radius 3 is 2.00 bits per heavy atom. The van der Waals surface area contributed by atoms with Gasteiger partial charge in [-0.1, -0.05) is 30.3 Å². The maximum atomic E-state index is 6.45. The molecule has 4 heteroatoms. The summed E-state index contributed by atoms with van der Waals surface area (Å²) in [6, 6.07) is 25.7. The topological polar surface area (TPSA) is 19.0 Å². The number of hydrogen-bond acceptors (Lipinski definition) is 4. The van der Waals surface area contributed by atoms with Gasteiger partial charge in [0.05, 0.1) is 11.4 Å². The van der Waals surface area contributed by atoms with E-state index in [4.69, 9.17) is 4.84 Å². The quantitative estimate of drug-likeness (QED) is 0.518. The highest BCUT2D eigenvalue weighted by molar-refractivity contribution is 5.94. The number of rotatable bonds is 4. The second-order valence-electron chi connectivity index (χ2n) is 8.44. The molecule has 2 aliphatic rings. The highest BCUT2D eigenvalue weighted by Crippen LogP contribution is 2.47. The maximum absolute atomic E-state index is 6.45. The third-order valence-electron chi connectivity index (χ3n) is 5.96. The molecular weight excluding hydrogens is 382 g/mol. The van der Waals surface area contributed by atoms with Crippen molar-refractivity contribution in [3.05, 3.63) is 95.8 Å². The van der Waals surface area contributed by atoms with Gasteiger partial charge in [0, 0.05) is 57.1 Å². The van der Waals surface area contributed by atoms with E-state index in [-0.39, 0.29) is 0 Å². The molecule has 31 heavy (non-hydrogen) atoms. The third kappa shape index (κ3) is 3.44. The Labute approximate surface area is 184 Å². The van der Waals surface area contributed by atoms with Crippen LogP contribution in [0.3, 0.4) is 0 Å². The number of nitrogens with zero attached hydrogens (tertiary/aromatic N) is 3. The van der Waals surface area contributed by atoms with Crippen LogP contribution in [0.1, 0.15) is 17.5 Å². The minimum atomic E-state index is 0.876. The van der Waals surface area contributed by atoms with Gasteiger partial charge in [0.1, 0.15) is 0 Å². The zero-order valence-corrected chi connectivity index (χ0v) is 18.5. The Morgan fingerprint density at radius 1 is 0.742 bits per heavy atom. The summed E-state index contributed by atoms with van der Waals surface area (Å²) >= 11 is 0. The van der Waals surface area contributed by atoms with Crippen molar-refractivity contribution in [1.82, 2.24) is 0 Å². The van der Waals surface area contributed by atoms with Gasteiger partial charge in [-0.2, -0.15) is 5.06 Å². The summed E-state index contributed by atoms with van der Waals surface area (Å²) in [6.07, 6.45) is 3.07. The van der Waals surface area contributed by atoms with Gasteiger partial charge in [0.2, 0.25) is 0 Å². The fourth-order valence-corrected chi connectivity index (χ4v) is 4.17. The highest BCUT2D eigenvalue weighted by atomic mass is 16.7. The average molecular weight is 410 g/mol. The number of hydrogen-bond donors (Lipinski definition) is 0. The van der Waals surface area contributed by atoms with Crippen molar-refractivity contribution in [2.75, 3.05) is 43.1 Å². The minimum absolute atomic E-state index is 0.876. The first kappa shape index (κ1) is 19.3. The monoisotopic (exact) mass is 409 g/mol. The second kappa shape index (κ2) is 7.55. The molecule has 0 saturated carbocycles. The summed E-state index contributed by atoms with van der Waals surface area (Å²) in [5.41, 5.74) is 9.48. The van der Waals surface area contributed by atoms with Crippen molar-refractivity contribution in [3.63, 3.8) is 0 Å². The summed E-state index contributed by atoms with van der Waals surface area (Å²) in [7, 11) is 8.23. The predicted octanol–water partition coefficient (Wildman–Crippen LogP) is 6.10. The molecule has 1 aliphatic carbocycles. The zero-order chi connectivity index (χ0) is 21.5. The largest absolute Gasteiger partial charge is 0.378 e. The first-order chi connectivity index (χ1) is 15.0. The van der Waals surface area contributed by atoms with Crippen molar-refractivity contribution >= 4 is 33.9 Å². The van der Waals surface area contributed by atoms with Crippen LogP contribution < -0.4 is 14.9 Å². The molecule has 0 N–H and O–H groups in total. The molecule has 0 spiro atoms. The lowest BCUT2D eigenvalue weighted by Crippen LogP contribution is -2.22. The fourth-order valence-electron chi connectivity index (χ4n) is 4.17. The molecule has 0 radical (unpaired) electrons. The van der Waals surface area contributed by atoms with E-state index < -0.39 is 0 Å². The maximum Gasteiger partial charge on any atom is 0.160 e. The zero-order valence-electron chi connectivity index (χ0n) is 18.5. The van der Waals surface area contributed by atoms with E-state index in [0.717, 1.165) is 29.2 Å². The standard InChI is InChI=1S/C27H27N3O/c1-28(2)21-11-9-19(10-12-21)20-17-25-24-7-5-6-8-26(24)30(31-27(25)18-20)23-15-13-22(14-16-23)29(3)4/h5-16,18H,17H2,1-4H3. The molecule has 156 valence electrons. The lowest BCUT2D eigenvalue weighted by atomic mass is 9.96. The van der Waals surface area contributed by atoms with Crippen LogP contribution in [0.4, 0.5) is 22.7 Å². The fraction of sp³-hybridized carbons (Fsp3) is 0.185. The van der Waals surface area contributed by atoms with Crippen LogP contribution in [-0.4, -0.2) is 28.2 Å². The molecule has 1 aliphatic heterocycles. The lowest BCUT2D eigenvalue weighted by Gasteiger charge is -2.31. The molecule has 4 nitrogen and oxygen atoms in total. The van der Waals surface area contributed by atoms with Crippen molar-refractivity contribution in [2.24, 2.45) is 0 Å². The summed E-state index contributed by atoms with van der Waals surface area (Å²) in [5, 5.41) is 1.95. The van der Waals surface area contributed by atoms with E-state index in [2.05, 4.69) is 117 Å². The SMILES string of the molecule is CN(C)c1ccc(C2=CC3=C(C2)c2ccccc2N(c2ccc(N(C)C)cc2)O3)cc1. The van der Waals surface area contributed by atoms with E-state index in [1.807, 2.05) is 5.06 Å². The molecule has 0 fully saturated rings. The van der Waals surface area contributed by atoms with E-state index in [1.165, 1.54) is 28.0 Å². The van der Waals surface area contributed by atoms with Gasteiger partial charge < -0.3 is 14.6 Å². The minimum Gasteiger partial charge on any atom is -0.378 e. The van der Waals surface area contributed by atoms with Gasteiger partial charge in [-0.3, -0.25) is 0 Å². The molecule has 3 aromatic rings. The number of fused-ring (bicyclic) bond motifs is 2. The first-order valence-corrected chi connectivity index (χ1v) is 10.6. The third-order valence-corrected chi connectivity index (χ3v) is 5.96. The van der Waals surface area contributed by atoms with Crippen LogP contribution in [-0.2, 0) is 4.84 Å². The Balaban J connectivity index is 1.49. The first-order valence-electron chi connectivity index (χ1n) is 10.6. The van der Waals surface area contributed by atoms with Gasteiger partial charge >= 0.3 is 0 Å². The van der Waals surface area contributed by atoms with Gasteiger partial charge in [-0.15, -0.1) is 0 Å². The van der Waals surface area contributed by atoms with Gasteiger partial charge in [-0.05, 0) is 59.7 Å². The molecule has 5 rings (SSSR count). The number of para-hydroxylation sites is 1. The second-order valence-corrected chi connectivity index (χ2v) is 8.44. The Morgan fingerprint density at radius 2 is 1.35 bits per heavy atom. The van der Waals surface area contributed by atoms with Crippen LogP contribution in [0, 0.1) is 0 Å². The molecule has 1 heterocycles. The number of anilines is 4. The molecule has 0 aromatic heterocycles. The molecule has 3 aromatic carbocycles. The summed E-state index contributed by atoms with van der Waals surface area (Å²) in [4.78, 5) is 10.7. The van der Waals surface area contributed by atoms with E-state index in [9.17, 15) is 0 Å². The van der Waals surface area contributed by atoms with Crippen LogP contribution in [0.5, 0.6) is 0 Å². The van der Waals surface area contributed by atoms with Crippen molar-refractivity contribution < 1.29 is 4.84 Å². The normalized spacial score (nSPS) is 14.6. The number of allylic oxidation sites excluding steroid dienone is 3. The summed E-state index contributed by atoms with van der Waals surface area (Å²) in [6.45, 7) is 0. The molecular formula is C27H27N3O. The smallest absolute Gasteiger partial charge is 0.160 e. The molecule has 0 amide bonds. The lowest BCUT2D eigenvalue weighted by molar-refractivity contribution is 0.226. The van der Waals surface area contributed by atoms with E-state index in [1.54, 1.807) is 0 Å². The average Bonchev–Trinajstić information content (AvgIpc) is 3.23. The highest BCUT2D eigenvalue weighted by Gasteiger charge is 2.30. The predicted molar refractivity (Wildman–Crippen MR) is 131 cm³/mol. The van der Waals surface area contributed by atoms with Crippen LogP contribution in [0.15, 0.2) is 84.6 Å². The van der Waals surface area contributed by atoms with Crippen LogP contribution in [0.25, 0.3) is 11.1 Å². The Hall–Kier alpha value is -3.66. The van der Waals surface area contributed by atoms with Crippen LogP contribution in [0.2, 0.25) is 0 Å². The van der Waals surface area contributed by atoms with Crippen molar-refractivity contribution in [3.8, 4) is 0 Å². The molecule has 0 atom stereocenters. The van der Waals surface area contributed by atoms with Gasteiger partial charge in [0.25, 0.3) is 0 Å². The van der Waals surface area contributed by atoms with E-state index >= 15 is 0 Å². The number of benzene rings is 3. The van der Waals surface area contributed by atoms with Crippen molar-refractivity contribution in [2.45, 2.75) is 6.42 Å². The van der Waals surface area contributed by atoms with Crippen molar-refractivity contribution in [1.29, 1.82) is 0 Å². The Bertz CT molecular complexity index is 1170. The van der Waals surface area contributed by atoms with E-state index in [0.29, 0.717) is 0 Å². The van der Waals surface area contributed by atoms with Gasteiger partial charge in [-0.25, -0.2) is 0 Å². The summed E-state index contributed by atoms with van der Waals surface area (Å²) in [5.74, 6) is 0.932. The molecule has 0 unspecified atom stereocenters. The molecule has 0 bridgehead atoms. The summed E-state index contributed by atoms with van der Waals surface area (Å²) < 4.78 is 0. The van der Waals surface area contributed by atoms with Gasteiger partial charge in [0.15, 0.2) is 5.76 Å². The molecule has 0 saturated heterocycles. The van der Waals surface area contributed by atoms with Crippen LogP contribution >= 0.6 is 0 Å².